The van der Waals surface area contributed by atoms with Gasteiger partial charge >= 0.3 is 6.09 Å². The first-order valence-electron chi connectivity index (χ1n) is 15.6. The van der Waals surface area contributed by atoms with Crippen LogP contribution >= 0.6 is 23.2 Å². The Hall–Kier alpha value is -2.48. The molecule has 1 N–H and O–H groups in total. The first-order valence-corrected chi connectivity index (χ1v) is 16.3. The number of alkyl carbamates (subject to hydrolysis) is 1. The Morgan fingerprint density at radius 2 is 1.52 bits per heavy atom. The normalized spacial score (nSPS) is 15.5. The predicted octanol–water partition coefficient (Wildman–Crippen LogP) is 4.25. The number of hydrogen-bond acceptors (Lipinski definition) is 9. The monoisotopic (exact) mass is 683 g/mol. The Morgan fingerprint density at radius 3 is 2.15 bits per heavy atom. The van der Waals surface area contributed by atoms with Crippen LogP contribution in [0, 0.1) is 0 Å². The lowest BCUT2D eigenvalue weighted by Crippen LogP contribution is -2.40. The molecule has 0 bridgehead atoms. The number of ether oxygens (including phenoxy) is 6. The van der Waals surface area contributed by atoms with Crippen LogP contribution in [0.15, 0.2) is 48.5 Å². The van der Waals surface area contributed by atoms with Gasteiger partial charge in [0.2, 0.25) is 5.91 Å². The highest BCUT2D eigenvalue weighted by atomic mass is 35.5. The van der Waals surface area contributed by atoms with Crippen molar-refractivity contribution in [3.63, 3.8) is 0 Å². The number of benzene rings is 2. The van der Waals surface area contributed by atoms with Gasteiger partial charge in [-0.05, 0) is 29.7 Å². The summed E-state index contributed by atoms with van der Waals surface area (Å²) in [5.74, 6) is -0.0306. The molecule has 13 heteroatoms. The Morgan fingerprint density at radius 1 is 0.891 bits per heavy atom. The van der Waals surface area contributed by atoms with E-state index in [0.29, 0.717) is 95.6 Å². The van der Waals surface area contributed by atoms with E-state index in [1.807, 2.05) is 43.4 Å². The van der Waals surface area contributed by atoms with Gasteiger partial charge in [0.25, 0.3) is 0 Å². The van der Waals surface area contributed by atoms with Crippen LogP contribution in [0.3, 0.4) is 0 Å². The van der Waals surface area contributed by atoms with Gasteiger partial charge in [-0.25, -0.2) is 4.79 Å². The van der Waals surface area contributed by atoms with Crippen LogP contribution in [0.2, 0.25) is 10.0 Å². The first-order chi connectivity index (χ1) is 22.4. The van der Waals surface area contributed by atoms with E-state index in [4.69, 9.17) is 51.6 Å². The molecule has 0 unspecified atom stereocenters. The molecule has 11 nitrogen and oxygen atoms in total. The van der Waals surface area contributed by atoms with Crippen molar-refractivity contribution < 1.29 is 38.0 Å². The number of hydrogen-bond donors (Lipinski definition) is 1. The molecular weight excluding hydrogens is 637 g/mol. The van der Waals surface area contributed by atoms with Gasteiger partial charge in [-0.1, -0.05) is 59.6 Å². The maximum absolute atomic E-state index is 13.3. The minimum atomic E-state index is -0.469. The highest BCUT2D eigenvalue weighted by molar-refractivity contribution is 6.42. The summed E-state index contributed by atoms with van der Waals surface area (Å²) in [6.45, 7) is 6.63. The maximum atomic E-state index is 13.3. The third-order valence-electron chi connectivity index (χ3n) is 7.38. The van der Waals surface area contributed by atoms with E-state index in [1.54, 1.807) is 24.1 Å². The van der Waals surface area contributed by atoms with Gasteiger partial charge in [0.1, 0.15) is 6.10 Å². The molecule has 1 aliphatic heterocycles. The van der Waals surface area contributed by atoms with Gasteiger partial charge in [0, 0.05) is 40.3 Å². The molecule has 2 amide bonds. The topological polar surface area (TPSA) is 108 Å². The van der Waals surface area contributed by atoms with Gasteiger partial charge in [0.15, 0.2) is 0 Å². The third-order valence-corrected chi connectivity index (χ3v) is 8.12. The zero-order chi connectivity index (χ0) is 33.0. The number of nitrogens with one attached hydrogen (secondary N) is 1. The largest absolute Gasteiger partial charge is 0.445 e. The zero-order valence-corrected chi connectivity index (χ0v) is 28.3. The van der Waals surface area contributed by atoms with Crippen LogP contribution in [0.25, 0.3) is 0 Å². The van der Waals surface area contributed by atoms with Gasteiger partial charge in [0.05, 0.1) is 82.0 Å². The van der Waals surface area contributed by atoms with Crippen molar-refractivity contribution in [1.29, 1.82) is 0 Å². The summed E-state index contributed by atoms with van der Waals surface area (Å²) in [5, 5.41) is 3.62. The molecule has 1 fully saturated rings. The second kappa shape index (κ2) is 22.2. The highest BCUT2D eigenvalue weighted by Gasteiger charge is 2.30. The summed E-state index contributed by atoms with van der Waals surface area (Å²) in [6, 6.07) is 15.0. The van der Waals surface area contributed by atoms with E-state index in [-0.39, 0.29) is 24.5 Å². The van der Waals surface area contributed by atoms with Crippen LogP contribution in [0.4, 0.5) is 4.79 Å². The van der Waals surface area contributed by atoms with Gasteiger partial charge < -0.3 is 38.6 Å². The fourth-order valence-corrected chi connectivity index (χ4v) is 5.20. The third kappa shape index (κ3) is 14.5. The van der Waals surface area contributed by atoms with E-state index < -0.39 is 6.09 Å². The SMILES string of the molecule is COCCOCCOCCOCCOCCNC(=O)O[C@H]1CCN(C[C@H](c2ccccc2)N(C)C(=O)Cc2ccc(Cl)c(Cl)c2)C1. The fourth-order valence-electron chi connectivity index (χ4n) is 4.88. The quantitative estimate of drug-likeness (QED) is 0.182. The van der Waals surface area contributed by atoms with Crippen molar-refractivity contribution in [3.05, 3.63) is 69.7 Å². The average Bonchev–Trinajstić information content (AvgIpc) is 3.50. The summed E-state index contributed by atoms with van der Waals surface area (Å²) >= 11 is 12.2. The number of nitrogens with zero attached hydrogens (tertiary/aromatic N) is 2. The lowest BCUT2D eigenvalue weighted by Gasteiger charge is -2.32. The standard InChI is InChI=1S/C33H47Cl2N3O8/c1-37(32(39)23-26-8-9-29(34)30(35)22-26)31(27-6-4-3-5-7-27)25-38-12-10-28(24-38)46-33(40)36-11-13-42-16-17-44-20-21-45-19-18-43-15-14-41-2/h3-9,22,28,31H,10-21,23-25H2,1-2H3,(H,36,40)/t28-,31+/m0/s1. The van der Waals surface area contributed by atoms with Crippen LogP contribution in [-0.4, -0.2) is 128 Å². The molecule has 46 heavy (non-hydrogen) atoms. The van der Waals surface area contributed by atoms with E-state index in [9.17, 15) is 9.59 Å². The molecule has 2 atom stereocenters. The van der Waals surface area contributed by atoms with Crippen LogP contribution in [0.5, 0.6) is 0 Å². The fraction of sp³-hybridized carbons (Fsp3) is 0.576. The lowest BCUT2D eigenvalue weighted by molar-refractivity contribution is -0.131. The minimum Gasteiger partial charge on any atom is -0.445 e. The predicted molar refractivity (Wildman–Crippen MR) is 177 cm³/mol. The van der Waals surface area contributed by atoms with Crippen molar-refractivity contribution in [1.82, 2.24) is 15.1 Å². The number of likely N-dealkylation sites (tertiary alicyclic amines) is 1. The van der Waals surface area contributed by atoms with E-state index in [2.05, 4.69) is 10.2 Å². The number of amides is 2. The second-order valence-corrected chi connectivity index (χ2v) is 11.6. The second-order valence-electron chi connectivity index (χ2n) is 10.8. The number of methoxy groups -OCH3 is 1. The molecule has 256 valence electrons. The Labute approximate surface area is 282 Å². The number of rotatable bonds is 22. The molecule has 0 spiro atoms. The summed E-state index contributed by atoms with van der Waals surface area (Å²) in [5.41, 5.74) is 1.84. The zero-order valence-electron chi connectivity index (χ0n) is 26.8. The van der Waals surface area contributed by atoms with Crippen molar-refractivity contribution in [2.24, 2.45) is 0 Å². The van der Waals surface area contributed by atoms with Crippen LogP contribution in [-0.2, 0) is 39.6 Å². The van der Waals surface area contributed by atoms with Gasteiger partial charge in [-0.15, -0.1) is 0 Å². The van der Waals surface area contributed by atoms with E-state index >= 15 is 0 Å². The number of carbonyl (C=O) groups excluding carboxylic acids is 2. The summed E-state index contributed by atoms with van der Waals surface area (Å²) in [7, 11) is 3.46. The Kier molecular flexibility index (Phi) is 18.3. The molecule has 1 saturated heterocycles. The molecule has 3 rings (SSSR count). The number of carbonyl (C=O) groups is 2. The Bertz CT molecular complexity index is 1160. The summed E-state index contributed by atoms with van der Waals surface area (Å²) in [6.07, 6.45) is 0.223. The maximum Gasteiger partial charge on any atom is 0.407 e. The summed E-state index contributed by atoms with van der Waals surface area (Å²) < 4.78 is 32.2. The Balaban J connectivity index is 1.30. The first kappa shape index (κ1) is 38.0. The smallest absolute Gasteiger partial charge is 0.407 e. The molecule has 0 aliphatic carbocycles. The van der Waals surface area contributed by atoms with Crippen LogP contribution in [0.1, 0.15) is 23.6 Å². The molecule has 2 aromatic rings. The van der Waals surface area contributed by atoms with Crippen molar-refractivity contribution in [2.45, 2.75) is 25.0 Å². The molecule has 1 heterocycles. The number of likely N-dealkylation sites (N-methyl/N-ethyl adjacent to an activating group) is 1. The number of halogens is 2. The van der Waals surface area contributed by atoms with Gasteiger partial charge in [-0.2, -0.15) is 0 Å². The average molecular weight is 685 g/mol. The van der Waals surface area contributed by atoms with Crippen molar-refractivity contribution in [3.8, 4) is 0 Å². The highest BCUT2D eigenvalue weighted by Crippen LogP contribution is 2.26. The van der Waals surface area contributed by atoms with Crippen LogP contribution < -0.4 is 5.32 Å². The molecule has 0 saturated carbocycles. The summed E-state index contributed by atoms with van der Waals surface area (Å²) in [4.78, 5) is 29.7. The van der Waals surface area contributed by atoms with E-state index in [0.717, 1.165) is 17.7 Å². The lowest BCUT2D eigenvalue weighted by atomic mass is 10.0. The van der Waals surface area contributed by atoms with Crippen molar-refractivity contribution >= 4 is 35.2 Å². The molecule has 2 aromatic carbocycles. The molecule has 0 aromatic heterocycles. The molecular formula is C33H47Cl2N3O8. The minimum absolute atomic E-state index is 0.0306. The molecule has 1 aliphatic rings. The molecule has 0 radical (unpaired) electrons. The van der Waals surface area contributed by atoms with Crippen molar-refractivity contribution in [2.75, 3.05) is 99.8 Å². The van der Waals surface area contributed by atoms with Gasteiger partial charge in [-0.3, -0.25) is 9.69 Å². The van der Waals surface area contributed by atoms with E-state index in [1.165, 1.54) is 0 Å².